The molecule has 0 heterocycles. The molecule has 0 fully saturated rings. The van der Waals surface area contributed by atoms with Gasteiger partial charge in [0.05, 0.1) is 5.92 Å². The van der Waals surface area contributed by atoms with Gasteiger partial charge < -0.3 is 5.11 Å². The second-order valence-corrected chi connectivity index (χ2v) is 4.21. The van der Waals surface area contributed by atoms with E-state index in [2.05, 4.69) is 0 Å². The quantitative estimate of drug-likeness (QED) is 0.641. The van der Waals surface area contributed by atoms with Gasteiger partial charge in [0.2, 0.25) is 0 Å². The first-order chi connectivity index (χ1) is 8.20. The third-order valence-electron chi connectivity index (χ3n) is 3.10. The van der Waals surface area contributed by atoms with Crippen molar-refractivity contribution in [2.45, 2.75) is 12.8 Å². The highest BCUT2D eigenvalue weighted by Crippen LogP contribution is 2.28. The SMILES string of the molecule is O=C(O)C1C=CCCC1C(=O)c1ccccc1. The molecule has 2 unspecified atom stereocenters. The number of carbonyl (C=O) groups is 2. The average Bonchev–Trinajstić information content (AvgIpc) is 2.39. The molecule has 3 heteroatoms. The molecule has 2 atom stereocenters. The summed E-state index contributed by atoms with van der Waals surface area (Å²) in [5.74, 6) is -2.10. The van der Waals surface area contributed by atoms with Crippen LogP contribution in [0.3, 0.4) is 0 Å². The molecule has 17 heavy (non-hydrogen) atoms. The summed E-state index contributed by atoms with van der Waals surface area (Å²) in [6, 6.07) is 8.90. The number of aliphatic carboxylic acids is 1. The first kappa shape index (κ1) is 11.6. The van der Waals surface area contributed by atoms with E-state index in [1.165, 1.54) is 0 Å². The first-order valence-electron chi connectivity index (χ1n) is 5.69. The standard InChI is InChI=1S/C14H14O3/c15-13(10-6-2-1-3-7-10)11-8-4-5-9-12(11)14(16)17/h1-3,5-7,9,11-12H,4,8H2,(H,16,17). The Balaban J connectivity index is 2.24. The number of rotatable bonds is 3. The lowest BCUT2D eigenvalue weighted by Gasteiger charge is -2.23. The largest absolute Gasteiger partial charge is 0.481 e. The summed E-state index contributed by atoms with van der Waals surface area (Å²) in [7, 11) is 0. The van der Waals surface area contributed by atoms with Gasteiger partial charge in [0.25, 0.3) is 0 Å². The van der Waals surface area contributed by atoms with Crippen molar-refractivity contribution in [3.05, 3.63) is 48.0 Å². The van der Waals surface area contributed by atoms with Gasteiger partial charge in [-0.1, -0.05) is 42.5 Å². The number of ketones is 1. The zero-order chi connectivity index (χ0) is 12.3. The summed E-state index contributed by atoms with van der Waals surface area (Å²) in [5, 5.41) is 9.10. The molecule has 2 rings (SSSR count). The van der Waals surface area contributed by atoms with E-state index >= 15 is 0 Å². The van der Waals surface area contributed by atoms with Crippen molar-refractivity contribution in [2.75, 3.05) is 0 Å². The minimum Gasteiger partial charge on any atom is -0.481 e. The van der Waals surface area contributed by atoms with E-state index in [0.717, 1.165) is 6.42 Å². The summed E-state index contributed by atoms with van der Waals surface area (Å²) >= 11 is 0. The summed E-state index contributed by atoms with van der Waals surface area (Å²) in [6.07, 6.45) is 4.86. The van der Waals surface area contributed by atoms with Crippen LogP contribution < -0.4 is 0 Å². The number of benzene rings is 1. The molecule has 1 N–H and O–H groups in total. The summed E-state index contributed by atoms with van der Waals surface area (Å²) in [5.41, 5.74) is 0.596. The molecule has 0 saturated heterocycles. The molecule has 3 nitrogen and oxygen atoms in total. The molecule has 1 aliphatic carbocycles. The fourth-order valence-electron chi connectivity index (χ4n) is 2.20. The van der Waals surface area contributed by atoms with Crippen LogP contribution in [-0.2, 0) is 4.79 Å². The highest BCUT2D eigenvalue weighted by atomic mass is 16.4. The molecule has 0 aromatic heterocycles. The second-order valence-electron chi connectivity index (χ2n) is 4.21. The van der Waals surface area contributed by atoms with Crippen molar-refractivity contribution >= 4 is 11.8 Å². The minimum absolute atomic E-state index is 0.0673. The Morgan fingerprint density at radius 2 is 1.88 bits per heavy atom. The van der Waals surface area contributed by atoms with Crippen molar-refractivity contribution in [3.8, 4) is 0 Å². The van der Waals surface area contributed by atoms with Crippen molar-refractivity contribution in [3.63, 3.8) is 0 Å². The maximum Gasteiger partial charge on any atom is 0.311 e. The van der Waals surface area contributed by atoms with E-state index in [1.54, 1.807) is 30.3 Å². The third-order valence-corrected chi connectivity index (χ3v) is 3.10. The predicted molar refractivity (Wildman–Crippen MR) is 63.8 cm³/mol. The van der Waals surface area contributed by atoms with Crippen LogP contribution in [0.5, 0.6) is 0 Å². The number of carboxylic acid groups (broad SMARTS) is 1. The lowest BCUT2D eigenvalue weighted by atomic mass is 9.79. The minimum atomic E-state index is -0.921. The highest BCUT2D eigenvalue weighted by Gasteiger charge is 2.33. The molecule has 0 aliphatic heterocycles. The molecule has 1 aromatic carbocycles. The molecule has 0 radical (unpaired) electrons. The van der Waals surface area contributed by atoms with Gasteiger partial charge in [0.15, 0.2) is 5.78 Å². The van der Waals surface area contributed by atoms with Gasteiger partial charge in [-0.15, -0.1) is 0 Å². The van der Waals surface area contributed by atoms with Crippen molar-refractivity contribution in [2.24, 2.45) is 11.8 Å². The topological polar surface area (TPSA) is 54.4 Å². The normalized spacial score (nSPS) is 23.3. The molecule has 0 saturated carbocycles. The van der Waals surface area contributed by atoms with Crippen molar-refractivity contribution < 1.29 is 14.7 Å². The smallest absolute Gasteiger partial charge is 0.311 e. The number of hydrogen-bond acceptors (Lipinski definition) is 2. The molecule has 88 valence electrons. The van der Waals surface area contributed by atoms with Crippen LogP contribution in [0.4, 0.5) is 0 Å². The number of Topliss-reactive ketones (excluding diaryl/α,β-unsaturated/α-hetero) is 1. The molecular weight excluding hydrogens is 216 g/mol. The molecule has 1 aliphatic rings. The predicted octanol–water partition coefficient (Wildman–Crippen LogP) is 2.54. The zero-order valence-corrected chi connectivity index (χ0v) is 9.37. The lowest BCUT2D eigenvalue weighted by molar-refractivity contribution is -0.141. The van der Waals surface area contributed by atoms with Crippen LogP contribution in [0.25, 0.3) is 0 Å². The van der Waals surface area contributed by atoms with E-state index in [0.29, 0.717) is 12.0 Å². The lowest BCUT2D eigenvalue weighted by Crippen LogP contribution is -2.30. The number of hydrogen-bond donors (Lipinski definition) is 1. The van der Waals surface area contributed by atoms with E-state index in [9.17, 15) is 9.59 Å². The Bertz CT molecular complexity index is 448. The summed E-state index contributed by atoms with van der Waals surface area (Å²) in [4.78, 5) is 23.3. The van der Waals surface area contributed by atoms with Gasteiger partial charge in [-0.3, -0.25) is 9.59 Å². The van der Waals surface area contributed by atoms with Gasteiger partial charge in [-0.05, 0) is 12.8 Å². The maximum absolute atomic E-state index is 12.2. The van der Waals surface area contributed by atoms with E-state index in [1.807, 2.05) is 12.1 Å². The molecule has 1 aromatic rings. The summed E-state index contributed by atoms with van der Waals surface area (Å²) < 4.78 is 0. The molecule has 0 bridgehead atoms. The third kappa shape index (κ3) is 2.44. The first-order valence-corrected chi connectivity index (χ1v) is 5.69. The molecule has 0 spiro atoms. The van der Waals surface area contributed by atoms with Gasteiger partial charge in [-0.2, -0.15) is 0 Å². The Hall–Kier alpha value is -1.90. The Morgan fingerprint density at radius 1 is 1.18 bits per heavy atom. The van der Waals surface area contributed by atoms with Crippen LogP contribution in [0.15, 0.2) is 42.5 Å². The van der Waals surface area contributed by atoms with Crippen molar-refractivity contribution in [1.82, 2.24) is 0 Å². The Labute approximate surface area is 99.8 Å². The number of carboxylic acids is 1. The van der Waals surface area contributed by atoms with Crippen molar-refractivity contribution in [1.29, 1.82) is 0 Å². The van der Waals surface area contributed by atoms with Gasteiger partial charge in [0, 0.05) is 11.5 Å². The van der Waals surface area contributed by atoms with Crippen LogP contribution in [-0.4, -0.2) is 16.9 Å². The Morgan fingerprint density at radius 3 is 2.53 bits per heavy atom. The van der Waals surface area contributed by atoms with Gasteiger partial charge in [0.1, 0.15) is 0 Å². The fourth-order valence-corrected chi connectivity index (χ4v) is 2.20. The van der Waals surface area contributed by atoms with E-state index in [-0.39, 0.29) is 5.78 Å². The fraction of sp³-hybridized carbons (Fsp3) is 0.286. The molecule has 0 amide bonds. The van der Waals surface area contributed by atoms with E-state index < -0.39 is 17.8 Å². The Kier molecular flexibility index (Phi) is 3.38. The summed E-state index contributed by atoms with van der Waals surface area (Å²) in [6.45, 7) is 0. The van der Waals surface area contributed by atoms with Crippen LogP contribution in [0.1, 0.15) is 23.2 Å². The van der Waals surface area contributed by atoms with Gasteiger partial charge >= 0.3 is 5.97 Å². The highest BCUT2D eigenvalue weighted by molar-refractivity contribution is 6.00. The number of carbonyl (C=O) groups excluding carboxylic acids is 1. The van der Waals surface area contributed by atoms with Crippen LogP contribution in [0, 0.1) is 11.8 Å². The maximum atomic E-state index is 12.2. The second kappa shape index (κ2) is 4.95. The zero-order valence-electron chi connectivity index (χ0n) is 9.37. The number of allylic oxidation sites excluding steroid dienone is 1. The van der Waals surface area contributed by atoms with E-state index in [4.69, 9.17) is 5.11 Å². The molecular formula is C14H14O3. The monoisotopic (exact) mass is 230 g/mol. The average molecular weight is 230 g/mol. The van der Waals surface area contributed by atoms with Crippen LogP contribution in [0.2, 0.25) is 0 Å². The van der Waals surface area contributed by atoms with Crippen LogP contribution >= 0.6 is 0 Å². The van der Waals surface area contributed by atoms with Gasteiger partial charge in [-0.25, -0.2) is 0 Å².